The van der Waals surface area contributed by atoms with Gasteiger partial charge in [0.1, 0.15) is 5.75 Å². The number of anilines is 1. The average molecular weight is 383 g/mol. The van der Waals surface area contributed by atoms with Crippen LogP contribution in [-0.4, -0.2) is 24.6 Å². The highest BCUT2D eigenvalue weighted by molar-refractivity contribution is 6.05. The zero-order valence-corrected chi connectivity index (χ0v) is 17.1. The van der Waals surface area contributed by atoms with Crippen molar-refractivity contribution in [3.8, 4) is 5.75 Å². The number of benzene rings is 2. The Morgan fingerprint density at radius 1 is 0.964 bits per heavy atom. The molecule has 0 aromatic heterocycles. The lowest BCUT2D eigenvalue weighted by Gasteiger charge is -2.15. The van der Waals surface area contributed by atoms with Crippen molar-refractivity contribution in [2.24, 2.45) is 0 Å². The van der Waals surface area contributed by atoms with Gasteiger partial charge >= 0.3 is 5.97 Å². The summed E-state index contributed by atoms with van der Waals surface area (Å²) in [5.41, 5.74) is 3.66. The zero-order valence-electron chi connectivity index (χ0n) is 17.1. The molecule has 0 bridgehead atoms. The lowest BCUT2D eigenvalue weighted by Crippen LogP contribution is -2.26. The molecule has 0 saturated carbocycles. The molecule has 0 spiro atoms. The van der Waals surface area contributed by atoms with Crippen LogP contribution >= 0.6 is 0 Å². The van der Waals surface area contributed by atoms with E-state index in [1.807, 2.05) is 25.1 Å². The highest BCUT2D eigenvalue weighted by Gasteiger charge is 2.17. The van der Waals surface area contributed by atoms with E-state index in [-0.39, 0.29) is 5.91 Å². The van der Waals surface area contributed by atoms with Crippen LogP contribution in [0.25, 0.3) is 0 Å². The van der Waals surface area contributed by atoms with E-state index < -0.39 is 12.1 Å². The molecule has 0 fully saturated rings. The fourth-order valence-corrected chi connectivity index (χ4v) is 2.85. The summed E-state index contributed by atoms with van der Waals surface area (Å²) in [6, 6.07) is 12.8. The molecular weight excluding hydrogens is 354 g/mol. The molecule has 0 saturated heterocycles. The minimum Gasteiger partial charge on any atom is -0.479 e. The number of hydrogen-bond donors (Lipinski definition) is 1. The molecule has 0 radical (unpaired) electrons. The Morgan fingerprint density at radius 2 is 1.57 bits per heavy atom. The summed E-state index contributed by atoms with van der Waals surface area (Å²) in [5.74, 6) is -0.0507. The van der Waals surface area contributed by atoms with E-state index in [4.69, 9.17) is 9.47 Å². The Kier molecular flexibility index (Phi) is 8.05. The summed E-state index contributed by atoms with van der Waals surface area (Å²) >= 11 is 0. The van der Waals surface area contributed by atoms with Crippen LogP contribution in [0.5, 0.6) is 5.75 Å². The second-order valence-electron chi connectivity index (χ2n) is 6.56. The van der Waals surface area contributed by atoms with E-state index in [1.54, 1.807) is 31.2 Å². The Balaban J connectivity index is 2.06. The van der Waals surface area contributed by atoms with Crippen LogP contribution in [0.1, 0.15) is 55.6 Å². The van der Waals surface area contributed by atoms with Gasteiger partial charge in [-0.05, 0) is 61.6 Å². The summed E-state index contributed by atoms with van der Waals surface area (Å²) < 4.78 is 10.7. The normalized spacial score (nSPS) is 11.6. The van der Waals surface area contributed by atoms with Gasteiger partial charge in [0.15, 0.2) is 6.10 Å². The number of rotatable bonds is 9. The summed E-state index contributed by atoms with van der Waals surface area (Å²) in [4.78, 5) is 24.5. The second-order valence-corrected chi connectivity index (χ2v) is 6.56. The molecule has 2 rings (SSSR count). The van der Waals surface area contributed by atoms with E-state index in [1.165, 1.54) is 0 Å². The molecule has 2 aromatic carbocycles. The minimum absolute atomic E-state index is 0.169. The monoisotopic (exact) mass is 383 g/mol. The van der Waals surface area contributed by atoms with Gasteiger partial charge in [0, 0.05) is 11.3 Å². The number of ether oxygens (including phenoxy) is 2. The number of para-hydroxylation sites is 1. The van der Waals surface area contributed by atoms with E-state index in [0.717, 1.165) is 36.1 Å². The minimum atomic E-state index is -0.699. The average Bonchev–Trinajstić information content (AvgIpc) is 2.72. The predicted octanol–water partition coefficient (Wildman–Crippen LogP) is 4.78. The fraction of sp³-hybridized carbons (Fsp3) is 0.391. The molecule has 2 aromatic rings. The number of amides is 1. The molecule has 0 aliphatic heterocycles. The van der Waals surface area contributed by atoms with Crippen molar-refractivity contribution in [2.75, 3.05) is 11.9 Å². The molecule has 1 N–H and O–H groups in total. The summed E-state index contributed by atoms with van der Waals surface area (Å²) in [7, 11) is 0. The third-order valence-corrected chi connectivity index (χ3v) is 4.45. The van der Waals surface area contributed by atoms with Crippen molar-refractivity contribution in [3.63, 3.8) is 0 Å². The predicted molar refractivity (Wildman–Crippen MR) is 111 cm³/mol. The molecule has 150 valence electrons. The zero-order chi connectivity index (χ0) is 20.5. The highest BCUT2D eigenvalue weighted by atomic mass is 16.6. The van der Waals surface area contributed by atoms with Crippen molar-refractivity contribution >= 4 is 17.6 Å². The number of carbonyl (C=O) groups excluding carboxylic acids is 2. The van der Waals surface area contributed by atoms with Gasteiger partial charge < -0.3 is 14.8 Å². The molecule has 0 unspecified atom stereocenters. The van der Waals surface area contributed by atoms with Gasteiger partial charge in [-0.3, -0.25) is 4.79 Å². The third-order valence-electron chi connectivity index (χ3n) is 4.45. The lowest BCUT2D eigenvalue weighted by atomic mass is 10.0. The molecule has 0 aliphatic rings. The smallest absolute Gasteiger partial charge is 0.347 e. The molecular formula is C23H29NO4. The summed E-state index contributed by atoms with van der Waals surface area (Å²) in [6.45, 7) is 8.11. The first-order valence-electron chi connectivity index (χ1n) is 9.85. The maximum absolute atomic E-state index is 12.7. The molecule has 28 heavy (non-hydrogen) atoms. The van der Waals surface area contributed by atoms with Crippen LogP contribution in [0.2, 0.25) is 0 Å². The van der Waals surface area contributed by atoms with Crippen LogP contribution < -0.4 is 10.1 Å². The Morgan fingerprint density at radius 3 is 2.11 bits per heavy atom. The molecule has 1 atom stereocenters. The Labute approximate surface area is 167 Å². The first-order chi connectivity index (χ1) is 13.5. The molecule has 0 aliphatic carbocycles. The lowest BCUT2D eigenvalue weighted by molar-refractivity contribution is -0.151. The van der Waals surface area contributed by atoms with E-state index >= 15 is 0 Å². The van der Waals surface area contributed by atoms with Crippen LogP contribution in [0, 0.1) is 0 Å². The quantitative estimate of drug-likeness (QED) is 0.633. The Hall–Kier alpha value is -2.82. The standard InChI is InChI=1S/C23H29NO4/c1-5-15-27-23(26)16(4)28-20-13-11-19(12-14-20)22(25)24-21-17(6-2)9-8-10-18(21)7-3/h8-14,16H,5-7,15H2,1-4H3,(H,24,25)/t16-/m0/s1. The van der Waals surface area contributed by atoms with Crippen molar-refractivity contribution in [3.05, 3.63) is 59.2 Å². The summed E-state index contributed by atoms with van der Waals surface area (Å²) in [6.07, 6.45) is 1.77. The number of nitrogens with one attached hydrogen (secondary N) is 1. The molecule has 5 nitrogen and oxygen atoms in total. The largest absolute Gasteiger partial charge is 0.479 e. The van der Waals surface area contributed by atoms with Gasteiger partial charge in [-0.1, -0.05) is 39.0 Å². The highest BCUT2D eigenvalue weighted by Crippen LogP contribution is 2.24. The molecule has 5 heteroatoms. The second kappa shape index (κ2) is 10.5. The first-order valence-corrected chi connectivity index (χ1v) is 9.85. The van der Waals surface area contributed by atoms with E-state index in [0.29, 0.717) is 17.9 Å². The van der Waals surface area contributed by atoms with Gasteiger partial charge in [0.05, 0.1) is 6.61 Å². The Bertz CT molecular complexity index is 776. The van der Waals surface area contributed by atoms with E-state index in [2.05, 4.69) is 19.2 Å². The number of aryl methyl sites for hydroxylation is 2. The van der Waals surface area contributed by atoms with Crippen molar-refractivity contribution < 1.29 is 19.1 Å². The summed E-state index contributed by atoms with van der Waals surface area (Å²) in [5, 5.41) is 3.05. The van der Waals surface area contributed by atoms with Crippen molar-refractivity contribution in [1.82, 2.24) is 0 Å². The maximum Gasteiger partial charge on any atom is 0.347 e. The SMILES string of the molecule is CCCOC(=O)[C@H](C)Oc1ccc(C(=O)Nc2c(CC)cccc2CC)cc1. The van der Waals surface area contributed by atoms with E-state index in [9.17, 15) is 9.59 Å². The van der Waals surface area contributed by atoms with Gasteiger partial charge in [-0.15, -0.1) is 0 Å². The number of hydrogen-bond acceptors (Lipinski definition) is 4. The molecule has 1 amide bonds. The van der Waals surface area contributed by atoms with Gasteiger partial charge in [-0.25, -0.2) is 4.79 Å². The van der Waals surface area contributed by atoms with Gasteiger partial charge in [0.25, 0.3) is 5.91 Å². The molecule has 0 heterocycles. The number of esters is 1. The first kappa shape index (κ1) is 21.5. The van der Waals surface area contributed by atoms with Crippen LogP contribution in [-0.2, 0) is 22.4 Å². The third kappa shape index (κ3) is 5.59. The van der Waals surface area contributed by atoms with Crippen LogP contribution in [0.3, 0.4) is 0 Å². The van der Waals surface area contributed by atoms with Crippen LogP contribution in [0.15, 0.2) is 42.5 Å². The topological polar surface area (TPSA) is 64.6 Å². The van der Waals surface area contributed by atoms with Crippen molar-refractivity contribution in [1.29, 1.82) is 0 Å². The maximum atomic E-state index is 12.7. The van der Waals surface area contributed by atoms with Gasteiger partial charge in [-0.2, -0.15) is 0 Å². The fourth-order valence-electron chi connectivity index (χ4n) is 2.85. The van der Waals surface area contributed by atoms with Crippen LogP contribution in [0.4, 0.5) is 5.69 Å². The number of carbonyl (C=O) groups is 2. The van der Waals surface area contributed by atoms with Crippen molar-refractivity contribution in [2.45, 2.75) is 53.1 Å². The van der Waals surface area contributed by atoms with Gasteiger partial charge in [0.2, 0.25) is 0 Å².